The van der Waals surface area contributed by atoms with Crippen molar-refractivity contribution in [1.29, 1.82) is 0 Å². The molecule has 116 valence electrons. The van der Waals surface area contributed by atoms with E-state index in [2.05, 4.69) is 12.1 Å². The molecule has 0 unspecified atom stereocenters. The van der Waals surface area contributed by atoms with Crippen molar-refractivity contribution in [3.05, 3.63) is 29.8 Å². The second-order valence-corrected chi connectivity index (χ2v) is 6.78. The Morgan fingerprint density at radius 2 is 1.71 bits per heavy atom. The molecule has 1 fully saturated rings. The SMILES string of the molecule is CC(C)(C)OC(=O)COc1ccc(C2CCCCC2)cc1. The van der Waals surface area contributed by atoms with E-state index in [9.17, 15) is 4.79 Å². The molecular weight excluding hydrogens is 264 g/mol. The van der Waals surface area contributed by atoms with E-state index in [4.69, 9.17) is 9.47 Å². The maximum Gasteiger partial charge on any atom is 0.344 e. The highest BCUT2D eigenvalue weighted by molar-refractivity contribution is 5.71. The molecule has 0 aliphatic heterocycles. The van der Waals surface area contributed by atoms with Gasteiger partial charge in [0.2, 0.25) is 0 Å². The lowest BCUT2D eigenvalue weighted by Gasteiger charge is -2.22. The number of rotatable bonds is 4. The molecule has 0 radical (unpaired) electrons. The molecule has 1 saturated carbocycles. The zero-order valence-electron chi connectivity index (χ0n) is 13.4. The Balaban J connectivity index is 1.83. The fourth-order valence-electron chi connectivity index (χ4n) is 2.79. The van der Waals surface area contributed by atoms with Gasteiger partial charge in [-0.25, -0.2) is 4.79 Å². The molecule has 0 heterocycles. The second kappa shape index (κ2) is 6.97. The minimum atomic E-state index is -0.467. The van der Waals surface area contributed by atoms with Gasteiger partial charge < -0.3 is 9.47 Å². The van der Waals surface area contributed by atoms with Gasteiger partial charge >= 0.3 is 5.97 Å². The van der Waals surface area contributed by atoms with E-state index < -0.39 is 5.60 Å². The fourth-order valence-corrected chi connectivity index (χ4v) is 2.79. The first-order chi connectivity index (χ1) is 9.94. The van der Waals surface area contributed by atoms with Gasteiger partial charge in [0.1, 0.15) is 11.4 Å². The Labute approximate surface area is 127 Å². The van der Waals surface area contributed by atoms with Gasteiger partial charge in [-0.3, -0.25) is 0 Å². The van der Waals surface area contributed by atoms with Crippen LogP contribution in [-0.4, -0.2) is 18.2 Å². The zero-order valence-corrected chi connectivity index (χ0v) is 13.4. The molecule has 2 rings (SSSR count). The third-order valence-electron chi connectivity index (χ3n) is 3.73. The van der Waals surface area contributed by atoms with Crippen LogP contribution in [0.4, 0.5) is 0 Å². The third-order valence-corrected chi connectivity index (χ3v) is 3.73. The van der Waals surface area contributed by atoms with Crippen LogP contribution in [0, 0.1) is 0 Å². The molecule has 0 atom stereocenters. The van der Waals surface area contributed by atoms with Crippen LogP contribution in [0.15, 0.2) is 24.3 Å². The Morgan fingerprint density at radius 1 is 1.10 bits per heavy atom. The van der Waals surface area contributed by atoms with Crippen LogP contribution in [0.1, 0.15) is 64.4 Å². The summed E-state index contributed by atoms with van der Waals surface area (Å²) in [4.78, 5) is 11.6. The quantitative estimate of drug-likeness (QED) is 0.768. The van der Waals surface area contributed by atoms with E-state index in [1.807, 2.05) is 32.9 Å². The second-order valence-electron chi connectivity index (χ2n) is 6.78. The summed E-state index contributed by atoms with van der Waals surface area (Å²) in [5.74, 6) is 1.08. The summed E-state index contributed by atoms with van der Waals surface area (Å²) in [6.07, 6.45) is 6.62. The number of esters is 1. The monoisotopic (exact) mass is 290 g/mol. The average molecular weight is 290 g/mol. The number of benzene rings is 1. The van der Waals surface area contributed by atoms with Gasteiger partial charge in [-0.15, -0.1) is 0 Å². The van der Waals surface area contributed by atoms with E-state index >= 15 is 0 Å². The van der Waals surface area contributed by atoms with Gasteiger partial charge in [0, 0.05) is 0 Å². The molecule has 0 amide bonds. The van der Waals surface area contributed by atoms with Gasteiger partial charge in [-0.2, -0.15) is 0 Å². The number of hydrogen-bond donors (Lipinski definition) is 0. The van der Waals surface area contributed by atoms with Crippen molar-refractivity contribution < 1.29 is 14.3 Å². The molecule has 21 heavy (non-hydrogen) atoms. The molecule has 0 aromatic heterocycles. The molecule has 3 heteroatoms. The normalized spacial score (nSPS) is 16.5. The lowest BCUT2D eigenvalue weighted by atomic mass is 9.84. The summed E-state index contributed by atoms with van der Waals surface area (Å²) in [6, 6.07) is 8.16. The Morgan fingerprint density at radius 3 is 2.29 bits per heavy atom. The number of carbonyl (C=O) groups excluding carboxylic acids is 1. The molecule has 0 saturated heterocycles. The molecule has 1 aliphatic rings. The van der Waals surface area contributed by atoms with E-state index in [1.54, 1.807) is 0 Å². The molecule has 1 aliphatic carbocycles. The molecule has 0 bridgehead atoms. The van der Waals surface area contributed by atoms with E-state index in [0.717, 1.165) is 5.75 Å². The van der Waals surface area contributed by atoms with Crippen LogP contribution in [0.3, 0.4) is 0 Å². The van der Waals surface area contributed by atoms with E-state index in [0.29, 0.717) is 5.92 Å². The van der Waals surface area contributed by atoms with Gasteiger partial charge in [0.15, 0.2) is 6.61 Å². The summed E-state index contributed by atoms with van der Waals surface area (Å²) in [7, 11) is 0. The first kappa shape index (κ1) is 15.9. The number of carbonyl (C=O) groups is 1. The topological polar surface area (TPSA) is 35.5 Å². The highest BCUT2D eigenvalue weighted by atomic mass is 16.6. The van der Waals surface area contributed by atoms with Crippen molar-refractivity contribution in [2.24, 2.45) is 0 Å². The summed E-state index contributed by atoms with van der Waals surface area (Å²) in [5, 5.41) is 0. The fraction of sp³-hybridized carbons (Fsp3) is 0.611. The standard InChI is InChI=1S/C18H26O3/c1-18(2,3)21-17(19)13-20-16-11-9-15(10-12-16)14-7-5-4-6-8-14/h9-12,14H,4-8,13H2,1-3H3. The highest BCUT2D eigenvalue weighted by Crippen LogP contribution is 2.33. The maximum atomic E-state index is 11.6. The maximum absolute atomic E-state index is 11.6. The van der Waals surface area contributed by atoms with Crippen LogP contribution in [0.5, 0.6) is 5.75 Å². The van der Waals surface area contributed by atoms with Crippen molar-refractivity contribution in [1.82, 2.24) is 0 Å². The van der Waals surface area contributed by atoms with Crippen molar-refractivity contribution in [3.63, 3.8) is 0 Å². The van der Waals surface area contributed by atoms with Crippen molar-refractivity contribution in [2.45, 2.75) is 64.4 Å². The van der Waals surface area contributed by atoms with Gasteiger partial charge in [0.05, 0.1) is 0 Å². The van der Waals surface area contributed by atoms with Crippen LogP contribution in [-0.2, 0) is 9.53 Å². The third kappa shape index (κ3) is 5.41. The average Bonchev–Trinajstić information content (AvgIpc) is 2.45. The van der Waals surface area contributed by atoms with Crippen molar-refractivity contribution in [3.8, 4) is 5.75 Å². The summed E-state index contributed by atoms with van der Waals surface area (Å²) in [6.45, 7) is 5.51. The molecule has 0 spiro atoms. The molecule has 1 aromatic rings. The van der Waals surface area contributed by atoms with E-state index in [-0.39, 0.29) is 12.6 Å². The van der Waals surface area contributed by atoms with E-state index in [1.165, 1.54) is 37.7 Å². The first-order valence-corrected chi connectivity index (χ1v) is 7.89. The summed E-state index contributed by atoms with van der Waals surface area (Å²) < 4.78 is 10.7. The van der Waals surface area contributed by atoms with Crippen LogP contribution in [0.25, 0.3) is 0 Å². The van der Waals surface area contributed by atoms with Crippen LogP contribution in [0.2, 0.25) is 0 Å². The minimum Gasteiger partial charge on any atom is -0.482 e. The smallest absolute Gasteiger partial charge is 0.344 e. The van der Waals surface area contributed by atoms with Gasteiger partial charge in [-0.1, -0.05) is 31.4 Å². The van der Waals surface area contributed by atoms with Crippen molar-refractivity contribution in [2.75, 3.05) is 6.61 Å². The first-order valence-electron chi connectivity index (χ1n) is 7.89. The highest BCUT2D eigenvalue weighted by Gasteiger charge is 2.17. The predicted molar refractivity (Wildman–Crippen MR) is 83.6 cm³/mol. The molecular formula is C18H26O3. The lowest BCUT2D eigenvalue weighted by Crippen LogP contribution is -2.27. The van der Waals surface area contributed by atoms with Crippen molar-refractivity contribution >= 4 is 5.97 Å². The van der Waals surface area contributed by atoms with Gasteiger partial charge in [-0.05, 0) is 57.2 Å². The Kier molecular flexibility index (Phi) is 5.27. The minimum absolute atomic E-state index is 0.0416. The summed E-state index contributed by atoms with van der Waals surface area (Å²) >= 11 is 0. The summed E-state index contributed by atoms with van der Waals surface area (Å²) in [5.41, 5.74) is 0.921. The number of hydrogen-bond acceptors (Lipinski definition) is 3. The van der Waals surface area contributed by atoms with Crippen LogP contribution >= 0.6 is 0 Å². The molecule has 3 nitrogen and oxygen atoms in total. The van der Waals surface area contributed by atoms with Gasteiger partial charge in [0.25, 0.3) is 0 Å². The number of ether oxygens (including phenoxy) is 2. The molecule has 1 aromatic carbocycles. The Bertz CT molecular complexity index is 450. The van der Waals surface area contributed by atoms with Crippen LogP contribution < -0.4 is 4.74 Å². The lowest BCUT2D eigenvalue weighted by molar-refractivity contribution is -0.157. The Hall–Kier alpha value is -1.51. The zero-order chi connectivity index (χ0) is 15.3. The predicted octanol–water partition coefficient (Wildman–Crippen LogP) is 4.45. The molecule has 0 N–H and O–H groups in total. The largest absolute Gasteiger partial charge is 0.482 e.